The number of amides is 3. The molecule has 29 heavy (non-hydrogen) atoms. The predicted molar refractivity (Wildman–Crippen MR) is 111 cm³/mol. The molecule has 0 unspecified atom stereocenters. The molecule has 0 bridgehead atoms. The number of anilines is 1. The van der Waals surface area contributed by atoms with E-state index in [2.05, 4.69) is 0 Å². The number of aryl methyl sites for hydroxylation is 1. The molecule has 2 aliphatic heterocycles. The smallest absolute Gasteiger partial charge is 0.253 e. The Morgan fingerprint density at radius 3 is 1.97 bits per heavy atom. The Balaban J connectivity index is 1.36. The van der Waals surface area contributed by atoms with Crippen molar-refractivity contribution >= 4 is 23.4 Å². The zero-order chi connectivity index (χ0) is 20.4. The summed E-state index contributed by atoms with van der Waals surface area (Å²) in [5.41, 5.74) is 3.21. The van der Waals surface area contributed by atoms with Gasteiger partial charge in [-0.2, -0.15) is 0 Å². The van der Waals surface area contributed by atoms with Crippen molar-refractivity contribution in [1.82, 2.24) is 9.80 Å². The molecule has 0 N–H and O–H groups in total. The van der Waals surface area contributed by atoms with Gasteiger partial charge in [-0.3, -0.25) is 14.4 Å². The van der Waals surface area contributed by atoms with Gasteiger partial charge in [-0.05, 0) is 49.7 Å². The quantitative estimate of drug-likeness (QED) is 0.808. The fraction of sp³-hybridized carbons (Fsp3) is 0.348. The summed E-state index contributed by atoms with van der Waals surface area (Å²) in [6, 6.07) is 14.8. The van der Waals surface area contributed by atoms with E-state index in [1.165, 1.54) is 0 Å². The average molecular weight is 391 g/mol. The third-order valence-corrected chi connectivity index (χ3v) is 5.62. The lowest BCUT2D eigenvalue weighted by Gasteiger charge is -2.35. The summed E-state index contributed by atoms with van der Waals surface area (Å²) < 4.78 is 0. The summed E-state index contributed by atoms with van der Waals surface area (Å²) in [6.45, 7) is 4.80. The van der Waals surface area contributed by atoms with Gasteiger partial charge >= 0.3 is 0 Å². The Kier molecular flexibility index (Phi) is 5.34. The van der Waals surface area contributed by atoms with Gasteiger partial charge in [-0.15, -0.1) is 0 Å². The maximum atomic E-state index is 12.8. The van der Waals surface area contributed by atoms with Gasteiger partial charge in [0.1, 0.15) is 0 Å². The molecule has 2 aromatic rings. The first kappa shape index (κ1) is 19.2. The number of piperazine rings is 1. The van der Waals surface area contributed by atoms with Crippen LogP contribution in [0.5, 0.6) is 0 Å². The van der Waals surface area contributed by atoms with E-state index in [1.807, 2.05) is 43.3 Å². The Labute approximate surface area is 170 Å². The Morgan fingerprint density at radius 1 is 0.793 bits per heavy atom. The second kappa shape index (κ2) is 8.07. The molecule has 0 atom stereocenters. The lowest BCUT2D eigenvalue weighted by atomic mass is 10.1. The van der Waals surface area contributed by atoms with Gasteiger partial charge in [-0.25, -0.2) is 0 Å². The van der Waals surface area contributed by atoms with Crippen LogP contribution in [0.2, 0.25) is 0 Å². The van der Waals surface area contributed by atoms with Crippen molar-refractivity contribution < 1.29 is 14.4 Å². The second-order valence-electron chi connectivity index (χ2n) is 7.65. The summed E-state index contributed by atoms with van der Waals surface area (Å²) in [4.78, 5) is 42.7. The SMILES string of the molecule is Cc1cccc(C(=O)N2CCN(C(=O)c3ccc(N4CCCC4=O)cc3)CC2)c1. The lowest BCUT2D eigenvalue weighted by molar-refractivity contribution is -0.117. The number of benzene rings is 2. The van der Waals surface area contributed by atoms with Crippen LogP contribution in [0.25, 0.3) is 0 Å². The van der Waals surface area contributed by atoms with Crippen LogP contribution in [0.1, 0.15) is 39.1 Å². The predicted octanol–water partition coefficient (Wildman–Crippen LogP) is 2.72. The summed E-state index contributed by atoms with van der Waals surface area (Å²) in [7, 11) is 0. The molecule has 150 valence electrons. The first-order chi connectivity index (χ1) is 14.0. The molecule has 0 saturated carbocycles. The topological polar surface area (TPSA) is 60.9 Å². The van der Waals surface area contributed by atoms with Crippen molar-refractivity contribution in [3.05, 3.63) is 65.2 Å². The third-order valence-electron chi connectivity index (χ3n) is 5.62. The van der Waals surface area contributed by atoms with Crippen LogP contribution in [-0.4, -0.2) is 60.2 Å². The average Bonchev–Trinajstić information content (AvgIpc) is 3.19. The van der Waals surface area contributed by atoms with Crippen LogP contribution in [0.4, 0.5) is 5.69 Å². The monoisotopic (exact) mass is 391 g/mol. The lowest BCUT2D eigenvalue weighted by Crippen LogP contribution is -2.50. The van der Waals surface area contributed by atoms with E-state index in [9.17, 15) is 14.4 Å². The Bertz CT molecular complexity index is 931. The fourth-order valence-corrected chi connectivity index (χ4v) is 3.96. The number of carbonyl (C=O) groups excluding carboxylic acids is 3. The highest BCUT2D eigenvalue weighted by atomic mass is 16.2. The fourth-order valence-electron chi connectivity index (χ4n) is 3.96. The highest BCUT2D eigenvalue weighted by molar-refractivity contribution is 5.98. The standard InChI is InChI=1S/C23H25N3O3/c1-17-4-2-5-19(16-17)23(29)25-14-12-24(13-15-25)22(28)18-7-9-20(10-8-18)26-11-3-6-21(26)27/h2,4-5,7-10,16H,3,6,11-15H2,1H3. The maximum Gasteiger partial charge on any atom is 0.253 e. The molecule has 0 radical (unpaired) electrons. The molecule has 2 aliphatic rings. The van der Waals surface area contributed by atoms with Crippen molar-refractivity contribution in [2.24, 2.45) is 0 Å². The number of hydrogen-bond acceptors (Lipinski definition) is 3. The van der Waals surface area contributed by atoms with Crippen LogP contribution in [0, 0.1) is 6.92 Å². The van der Waals surface area contributed by atoms with Crippen LogP contribution >= 0.6 is 0 Å². The molecule has 6 nitrogen and oxygen atoms in total. The molecular formula is C23H25N3O3. The van der Waals surface area contributed by atoms with Gasteiger partial charge in [0.15, 0.2) is 0 Å². The highest BCUT2D eigenvalue weighted by Gasteiger charge is 2.26. The number of carbonyl (C=O) groups is 3. The van der Waals surface area contributed by atoms with Gasteiger partial charge < -0.3 is 14.7 Å². The van der Waals surface area contributed by atoms with Crippen molar-refractivity contribution in [2.45, 2.75) is 19.8 Å². The normalized spacial score (nSPS) is 17.0. The van der Waals surface area contributed by atoms with Crippen LogP contribution < -0.4 is 4.90 Å². The zero-order valence-corrected chi connectivity index (χ0v) is 16.6. The number of hydrogen-bond donors (Lipinski definition) is 0. The third kappa shape index (κ3) is 4.01. The summed E-state index contributed by atoms with van der Waals surface area (Å²) in [6.07, 6.45) is 1.47. The van der Waals surface area contributed by atoms with Crippen LogP contribution in [0.3, 0.4) is 0 Å². The van der Waals surface area contributed by atoms with E-state index in [0.717, 1.165) is 24.2 Å². The van der Waals surface area contributed by atoms with Gasteiger partial charge in [0.25, 0.3) is 11.8 Å². The molecule has 2 aromatic carbocycles. The minimum Gasteiger partial charge on any atom is -0.335 e. The van der Waals surface area contributed by atoms with E-state index in [4.69, 9.17) is 0 Å². The van der Waals surface area contributed by atoms with E-state index in [0.29, 0.717) is 43.7 Å². The largest absolute Gasteiger partial charge is 0.335 e. The van der Waals surface area contributed by atoms with Crippen molar-refractivity contribution in [3.8, 4) is 0 Å². The van der Waals surface area contributed by atoms with Gasteiger partial charge in [0.2, 0.25) is 5.91 Å². The molecular weight excluding hydrogens is 366 g/mol. The van der Waals surface area contributed by atoms with Crippen LogP contribution in [0.15, 0.2) is 48.5 Å². The Morgan fingerprint density at radius 2 is 1.41 bits per heavy atom. The van der Waals surface area contributed by atoms with Crippen molar-refractivity contribution in [1.29, 1.82) is 0 Å². The van der Waals surface area contributed by atoms with Gasteiger partial charge in [-0.1, -0.05) is 17.7 Å². The Hall–Kier alpha value is -3.15. The highest BCUT2D eigenvalue weighted by Crippen LogP contribution is 2.22. The van der Waals surface area contributed by atoms with E-state index < -0.39 is 0 Å². The van der Waals surface area contributed by atoms with Crippen molar-refractivity contribution in [2.75, 3.05) is 37.6 Å². The minimum atomic E-state index is -0.0352. The summed E-state index contributed by atoms with van der Waals surface area (Å²) in [5.74, 6) is 0.117. The van der Waals surface area contributed by atoms with E-state index in [-0.39, 0.29) is 17.7 Å². The molecule has 2 fully saturated rings. The van der Waals surface area contributed by atoms with Gasteiger partial charge in [0.05, 0.1) is 0 Å². The molecule has 3 amide bonds. The number of nitrogens with zero attached hydrogens (tertiary/aromatic N) is 3. The summed E-state index contributed by atoms with van der Waals surface area (Å²) >= 11 is 0. The summed E-state index contributed by atoms with van der Waals surface area (Å²) in [5, 5.41) is 0. The molecule has 2 saturated heterocycles. The number of rotatable bonds is 3. The molecule has 2 heterocycles. The molecule has 6 heteroatoms. The molecule has 0 aromatic heterocycles. The molecule has 4 rings (SSSR count). The minimum absolute atomic E-state index is 0.0143. The van der Waals surface area contributed by atoms with Crippen molar-refractivity contribution in [3.63, 3.8) is 0 Å². The maximum absolute atomic E-state index is 12.8. The zero-order valence-electron chi connectivity index (χ0n) is 16.6. The van der Waals surface area contributed by atoms with E-state index >= 15 is 0 Å². The van der Waals surface area contributed by atoms with Crippen LogP contribution in [-0.2, 0) is 4.79 Å². The molecule has 0 aliphatic carbocycles. The second-order valence-corrected chi connectivity index (χ2v) is 7.65. The first-order valence-corrected chi connectivity index (χ1v) is 10.1. The molecule has 0 spiro atoms. The first-order valence-electron chi connectivity index (χ1n) is 10.1. The van der Waals surface area contributed by atoms with Gasteiger partial charge in [0, 0.05) is 56.0 Å². The van der Waals surface area contributed by atoms with E-state index in [1.54, 1.807) is 26.8 Å².